The molecule has 2 fully saturated rings. The summed E-state index contributed by atoms with van der Waals surface area (Å²) in [6, 6.07) is 3.69. The second kappa shape index (κ2) is 4.72. The van der Waals surface area contributed by atoms with Crippen molar-refractivity contribution in [3.05, 3.63) is 28.3 Å². The Morgan fingerprint density at radius 1 is 1.43 bits per heavy atom. The number of hydrogen-bond donors (Lipinski definition) is 1. The highest BCUT2D eigenvalue weighted by Gasteiger charge is 2.52. The number of imide groups is 1. The van der Waals surface area contributed by atoms with Crippen LogP contribution >= 0.6 is 11.6 Å². The van der Waals surface area contributed by atoms with Crippen LogP contribution in [-0.4, -0.2) is 40.6 Å². The third-order valence-electron chi connectivity index (χ3n) is 4.00. The number of carbonyl (C=O) groups is 2. The SMILES string of the molecule is Cc1c(N2C(=O)[C@@H]3C(O)CCN3C2=O)ccc(C#N)c1Cl. The van der Waals surface area contributed by atoms with E-state index in [4.69, 9.17) is 16.9 Å². The van der Waals surface area contributed by atoms with Gasteiger partial charge in [0.15, 0.2) is 0 Å². The topological polar surface area (TPSA) is 84.6 Å². The van der Waals surface area contributed by atoms with E-state index in [0.29, 0.717) is 24.2 Å². The van der Waals surface area contributed by atoms with Gasteiger partial charge in [0.25, 0.3) is 5.91 Å². The number of nitrogens with zero attached hydrogens (tertiary/aromatic N) is 3. The van der Waals surface area contributed by atoms with Crippen LogP contribution in [0, 0.1) is 18.3 Å². The predicted octanol–water partition coefficient (Wildman–Crippen LogP) is 1.42. The number of amides is 3. The molecule has 2 saturated heterocycles. The monoisotopic (exact) mass is 305 g/mol. The minimum absolute atomic E-state index is 0.225. The summed E-state index contributed by atoms with van der Waals surface area (Å²) in [5.74, 6) is -0.450. The number of rotatable bonds is 1. The second-order valence-electron chi connectivity index (χ2n) is 5.13. The van der Waals surface area contributed by atoms with Crippen LogP contribution in [0.4, 0.5) is 10.5 Å². The van der Waals surface area contributed by atoms with Gasteiger partial charge in [-0.15, -0.1) is 0 Å². The molecule has 0 bridgehead atoms. The van der Waals surface area contributed by atoms with Crippen molar-refractivity contribution in [3.8, 4) is 6.07 Å². The smallest absolute Gasteiger partial charge is 0.332 e. The first-order valence-electron chi connectivity index (χ1n) is 6.49. The molecule has 2 aliphatic rings. The van der Waals surface area contributed by atoms with Crippen molar-refractivity contribution in [2.45, 2.75) is 25.5 Å². The van der Waals surface area contributed by atoms with Crippen LogP contribution < -0.4 is 4.90 Å². The fourth-order valence-corrected chi connectivity index (χ4v) is 3.07. The summed E-state index contributed by atoms with van der Waals surface area (Å²) < 4.78 is 0. The fraction of sp³-hybridized carbons (Fsp3) is 0.357. The van der Waals surface area contributed by atoms with E-state index in [1.807, 2.05) is 6.07 Å². The lowest BCUT2D eigenvalue weighted by Crippen LogP contribution is -2.36. The molecule has 0 aromatic heterocycles. The number of anilines is 1. The highest BCUT2D eigenvalue weighted by atomic mass is 35.5. The molecule has 6 nitrogen and oxygen atoms in total. The zero-order chi connectivity index (χ0) is 15.3. The largest absolute Gasteiger partial charge is 0.390 e. The average Bonchev–Trinajstić information content (AvgIpc) is 2.95. The number of aliphatic hydroxyl groups excluding tert-OH is 1. The van der Waals surface area contributed by atoms with E-state index in [-0.39, 0.29) is 10.6 Å². The summed E-state index contributed by atoms with van der Waals surface area (Å²) in [5.41, 5.74) is 1.14. The van der Waals surface area contributed by atoms with E-state index >= 15 is 0 Å². The molecule has 2 aliphatic heterocycles. The highest BCUT2D eigenvalue weighted by molar-refractivity contribution is 6.33. The van der Waals surface area contributed by atoms with Gasteiger partial charge in [-0.05, 0) is 31.0 Å². The molecule has 3 rings (SSSR count). The molecule has 0 radical (unpaired) electrons. The lowest BCUT2D eigenvalue weighted by Gasteiger charge is -2.18. The van der Waals surface area contributed by atoms with Crippen LogP contribution in [-0.2, 0) is 4.79 Å². The molecule has 21 heavy (non-hydrogen) atoms. The molecule has 3 amide bonds. The van der Waals surface area contributed by atoms with Crippen molar-refractivity contribution in [3.63, 3.8) is 0 Å². The number of fused-ring (bicyclic) bond motifs is 1. The Labute approximate surface area is 126 Å². The first kappa shape index (κ1) is 13.9. The van der Waals surface area contributed by atoms with Crippen molar-refractivity contribution in [2.75, 3.05) is 11.4 Å². The minimum Gasteiger partial charge on any atom is -0.390 e. The summed E-state index contributed by atoms with van der Waals surface area (Å²) in [6.07, 6.45) is -0.427. The maximum atomic E-state index is 12.4. The van der Waals surface area contributed by atoms with Gasteiger partial charge in [0, 0.05) is 6.54 Å². The van der Waals surface area contributed by atoms with Crippen LogP contribution in [0.1, 0.15) is 17.5 Å². The number of aliphatic hydroxyl groups is 1. The molecule has 1 aromatic rings. The molecule has 0 aliphatic carbocycles. The van der Waals surface area contributed by atoms with Gasteiger partial charge in [-0.2, -0.15) is 5.26 Å². The van der Waals surface area contributed by atoms with E-state index in [1.54, 1.807) is 6.92 Å². The Morgan fingerprint density at radius 3 is 2.76 bits per heavy atom. The molecule has 1 unspecified atom stereocenters. The standard InChI is InChI=1S/C14H12ClN3O3/c1-7-9(3-2-8(6-16)11(7)15)18-13(20)12-10(19)4-5-17(12)14(18)21/h2-3,10,12,19H,4-5H2,1H3/t10?,12-/m0/s1. The van der Waals surface area contributed by atoms with Gasteiger partial charge in [0.05, 0.1) is 22.4 Å². The van der Waals surface area contributed by atoms with Gasteiger partial charge in [-0.25, -0.2) is 9.69 Å². The van der Waals surface area contributed by atoms with E-state index in [9.17, 15) is 14.7 Å². The maximum Gasteiger partial charge on any atom is 0.332 e. The quantitative estimate of drug-likeness (QED) is 0.795. The first-order valence-corrected chi connectivity index (χ1v) is 6.87. The van der Waals surface area contributed by atoms with E-state index in [0.717, 1.165) is 4.90 Å². The highest BCUT2D eigenvalue weighted by Crippen LogP contribution is 2.36. The summed E-state index contributed by atoms with van der Waals surface area (Å²) in [7, 11) is 0. The molecule has 1 N–H and O–H groups in total. The number of hydrogen-bond acceptors (Lipinski definition) is 4. The predicted molar refractivity (Wildman–Crippen MR) is 74.9 cm³/mol. The van der Waals surface area contributed by atoms with Gasteiger partial charge in [0.2, 0.25) is 0 Å². The minimum atomic E-state index is -0.833. The first-order chi connectivity index (χ1) is 9.97. The number of halogens is 1. The van der Waals surface area contributed by atoms with Crippen LogP contribution in [0.3, 0.4) is 0 Å². The number of benzene rings is 1. The number of carbonyl (C=O) groups excluding carboxylic acids is 2. The molecule has 7 heteroatoms. The van der Waals surface area contributed by atoms with Gasteiger partial charge in [0.1, 0.15) is 12.1 Å². The Balaban J connectivity index is 2.07. The Morgan fingerprint density at radius 2 is 2.14 bits per heavy atom. The van der Waals surface area contributed by atoms with E-state index in [2.05, 4.69) is 0 Å². The summed E-state index contributed by atoms with van der Waals surface area (Å²) in [4.78, 5) is 27.2. The normalized spacial score (nSPS) is 24.5. The molecule has 2 atom stereocenters. The molecule has 1 aromatic carbocycles. The summed E-state index contributed by atoms with van der Waals surface area (Å²) in [5, 5.41) is 19.0. The van der Waals surface area contributed by atoms with E-state index < -0.39 is 24.1 Å². The van der Waals surface area contributed by atoms with Crippen molar-refractivity contribution < 1.29 is 14.7 Å². The van der Waals surface area contributed by atoms with Crippen LogP contribution in [0.2, 0.25) is 5.02 Å². The molecular weight excluding hydrogens is 294 g/mol. The van der Waals surface area contributed by atoms with Gasteiger partial charge in [-0.1, -0.05) is 11.6 Å². The van der Waals surface area contributed by atoms with Crippen LogP contribution in [0.5, 0.6) is 0 Å². The molecule has 2 heterocycles. The van der Waals surface area contributed by atoms with Crippen molar-refractivity contribution in [2.24, 2.45) is 0 Å². The Kier molecular flexibility index (Phi) is 3.12. The molecule has 108 valence electrons. The summed E-state index contributed by atoms with van der Waals surface area (Å²) >= 11 is 6.09. The van der Waals surface area contributed by atoms with E-state index in [1.165, 1.54) is 17.0 Å². The van der Waals surface area contributed by atoms with Crippen LogP contribution in [0.25, 0.3) is 0 Å². The zero-order valence-corrected chi connectivity index (χ0v) is 12.0. The molecular formula is C14H12ClN3O3. The molecule has 0 saturated carbocycles. The second-order valence-corrected chi connectivity index (χ2v) is 5.51. The van der Waals surface area contributed by atoms with Gasteiger partial charge < -0.3 is 10.0 Å². The Bertz CT molecular complexity index is 697. The number of urea groups is 1. The number of nitriles is 1. The lowest BCUT2D eigenvalue weighted by molar-refractivity contribution is -0.121. The summed E-state index contributed by atoms with van der Waals surface area (Å²) in [6.45, 7) is 2.01. The fourth-order valence-electron chi connectivity index (χ4n) is 2.87. The average molecular weight is 306 g/mol. The van der Waals surface area contributed by atoms with Crippen molar-refractivity contribution in [1.82, 2.24) is 4.90 Å². The maximum absolute atomic E-state index is 12.4. The van der Waals surface area contributed by atoms with Crippen molar-refractivity contribution >= 4 is 29.2 Å². The third-order valence-corrected chi connectivity index (χ3v) is 4.48. The third kappa shape index (κ3) is 1.82. The van der Waals surface area contributed by atoms with Gasteiger partial charge in [-0.3, -0.25) is 4.79 Å². The van der Waals surface area contributed by atoms with Crippen molar-refractivity contribution in [1.29, 1.82) is 5.26 Å². The van der Waals surface area contributed by atoms with Gasteiger partial charge >= 0.3 is 6.03 Å². The molecule has 0 spiro atoms. The Hall–Kier alpha value is -2.10. The van der Waals surface area contributed by atoms with Crippen LogP contribution in [0.15, 0.2) is 12.1 Å². The lowest BCUT2D eigenvalue weighted by atomic mass is 10.1. The zero-order valence-electron chi connectivity index (χ0n) is 11.2.